The molecule has 3 heteroatoms. The zero-order chi connectivity index (χ0) is 11.3. The second-order valence-electron chi connectivity index (χ2n) is 5.11. The third kappa shape index (κ3) is 3.82. The van der Waals surface area contributed by atoms with Gasteiger partial charge >= 0.3 is 0 Å². The van der Waals surface area contributed by atoms with Crippen molar-refractivity contribution in [3.8, 4) is 0 Å². The van der Waals surface area contributed by atoms with Crippen LogP contribution < -0.4 is 10.6 Å². The molecule has 0 aromatic heterocycles. The average molecular weight is 212 g/mol. The van der Waals surface area contributed by atoms with E-state index < -0.39 is 0 Å². The van der Waals surface area contributed by atoms with Crippen molar-refractivity contribution in [2.24, 2.45) is 5.41 Å². The third-order valence-electron chi connectivity index (χ3n) is 3.14. The van der Waals surface area contributed by atoms with Gasteiger partial charge in [-0.15, -0.1) is 0 Å². The van der Waals surface area contributed by atoms with Gasteiger partial charge in [-0.25, -0.2) is 0 Å². The first-order valence-corrected chi connectivity index (χ1v) is 6.08. The third-order valence-corrected chi connectivity index (χ3v) is 3.14. The summed E-state index contributed by atoms with van der Waals surface area (Å²) in [6.45, 7) is 7.45. The zero-order valence-corrected chi connectivity index (χ0v) is 10.2. The van der Waals surface area contributed by atoms with Crippen LogP contribution in [0.25, 0.3) is 0 Å². The molecule has 0 spiro atoms. The summed E-state index contributed by atoms with van der Waals surface area (Å²) >= 11 is 0. The summed E-state index contributed by atoms with van der Waals surface area (Å²) in [6, 6.07) is 0.638. The molecule has 0 aromatic rings. The summed E-state index contributed by atoms with van der Waals surface area (Å²) in [5, 5.41) is 6.38. The highest BCUT2D eigenvalue weighted by atomic mass is 16.2. The van der Waals surface area contributed by atoms with Crippen LogP contribution in [-0.2, 0) is 4.79 Å². The average Bonchev–Trinajstić information content (AvgIpc) is 2.68. The topological polar surface area (TPSA) is 41.1 Å². The largest absolute Gasteiger partial charge is 0.356 e. The predicted molar refractivity (Wildman–Crippen MR) is 62.7 cm³/mol. The maximum Gasteiger partial charge on any atom is 0.226 e. The van der Waals surface area contributed by atoms with Crippen LogP contribution in [0.1, 0.15) is 46.5 Å². The Balaban J connectivity index is 2.30. The molecule has 15 heavy (non-hydrogen) atoms. The van der Waals surface area contributed by atoms with Gasteiger partial charge in [-0.05, 0) is 33.6 Å². The van der Waals surface area contributed by atoms with Gasteiger partial charge in [0.1, 0.15) is 0 Å². The number of carbonyl (C=O) groups is 1. The lowest BCUT2D eigenvalue weighted by Gasteiger charge is -2.25. The van der Waals surface area contributed by atoms with E-state index in [1.807, 2.05) is 20.8 Å². The summed E-state index contributed by atoms with van der Waals surface area (Å²) in [7, 11) is 0. The van der Waals surface area contributed by atoms with Gasteiger partial charge in [0.2, 0.25) is 5.91 Å². The van der Waals surface area contributed by atoms with Gasteiger partial charge in [0, 0.05) is 19.1 Å². The van der Waals surface area contributed by atoms with Gasteiger partial charge in [-0.1, -0.05) is 12.8 Å². The number of nitrogens with one attached hydrogen (secondary N) is 2. The molecule has 0 aliphatic heterocycles. The van der Waals surface area contributed by atoms with Gasteiger partial charge in [0.25, 0.3) is 0 Å². The van der Waals surface area contributed by atoms with Crippen LogP contribution >= 0.6 is 0 Å². The van der Waals surface area contributed by atoms with Crippen molar-refractivity contribution < 1.29 is 4.79 Å². The molecule has 88 valence electrons. The first kappa shape index (κ1) is 12.5. The number of amides is 1. The van der Waals surface area contributed by atoms with Crippen LogP contribution in [0, 0.1) is 5.41 Å². The second-order valence-corrected chi connectivity index (χ2v) is 5.11. The molecule has 2 N–H and O–H groups in total. The molecule has 0 atom stereocenters. The van der Waals surface area contributed by atoms with Crippen molar-refractivity contribution in [2.75, 3.05) is 13.1 Å². The SMILES string of the molecule is CCNC(=O)C(C)(C)CNC1CCCC1. The smallest absolute Gasteiger partial charge is 0.226 e. The van der Waals surface area contributed by atoms with Crippen molar-refractivity contribution in [2.45, 2.75) is 52.5 Å². The Labute approximate surface area is 93.0 Å². The van der Waals surface area contributed by atoms with E-state index in [9.17, 15) is 4.79 Å². The Kier molecular flexibility index (Phi) is 4.58. The Morgan fingerprint density at radius 3 is 2.47 bits per heavy atom. The molecular weight excluding hydrogens is 188 g/mol. The molecule has 1 fully saturated rings. The van der Waals surface area contributed by atoms with E-state index in [-0.39, 0.29) is 11.3 Å². The van der Waals surface area contributed by atoms with Crippen molar-refractivity contribution in [1.29, 1.82) is 0 Å². The van der Waals surface area contributed by atoms with Crippen molar-refractivity contribution in [3.05, 3.63) is 0 Å². The van der Waals surface area contributed by atoms with Gasteiger partial charge < -0.3 is 10.6 Å². The molecule has 1 amide bonds. The van der Waals surface area contributed by atoms with Gasteiger partial charge in [0.15, 0.2) is 0 Å². The number of rotatable bonds is 5. The van der Waals surface area contributed by atoms with E-state index in [0.29, 0.717) is 12.6 Å². The molecule has 0 radical (unpaired) electrons. The van der Waals surface area contributed by atoms with E-state index >= 15 is 0 Å². The first-order valence-electron chi connectivity index (χ1n) is 6.08. The van der Waals surface area contributed by atoms with Crippen LogP contribution in [-0.4, -0.2) is 25.0 Å². The second kappa shape index (κ2) is 5.50. The fourth-order valence-electron chi connectivity index (χ4n) is 2.01. The van der Waals surface area contributed by atoms with Crippen LogP contribution in [0.2, 0.25) is 0 Å². The molecule has 1 aliphatic rings. The number of carbonyl (C=O) groups excluding carboxylic acids is 1. The van der Waals surface area contributed by atoms with Crippen LogP contribution in [0.15, 0.2) is 0 Å². The molecule has 0 aromatic carbocycles. The van der Waals surface area contributed by atoms with Crippen molar-refractivity contribution >= 4 is 5.91 Å². The lowest BCUT2D eigenvalue weighted by atomic mass is 9.92. The van der Waals surface area contributed by atoms with Gasteiger partial charge in [0.05, 0.1) is 5.41 Å². The minimum absolute atomic E-state index is 0.149. The lowest BCUT2D eigenvalue weighted by Crippen LogP contribution is -2.45. The Hall–Kier alpha value is -0.570. The monoisotopic (exact) mass is 212 g/mol. The maximum absolute atomic E-state index is 11.7. The van der Waals surface area contributed by atoms with E-state index in [4.69, 9.17) is 0 Å². The standard InChI is InChI=1S/C12H24N2O/c1-4-13-11(15)12(2,3)9-14-10-7-5-6-8-10/h10,14H,4-9H2,1-3H3,(H,13,15). The van der Waals surface area contributed by atoms with Crippen molar-refractivity contribution in [3.63, 3.8) is 0 Å². The summed E-state index contributed by atoms with van der Waals surface area (Å²) in [4.78, 5) is 11.7. The Bertz CT molecular complexity index is 208. The fraction of sp³-hybridized carbons (Fsp3) is 0.917. The molecule has 0 heterocycles. The van der Waals surface area contributed by atoms with Crippen LogP contribution in [0.5, 0.6) is 0 Å². The number of hydrogen-bond acceptors (Lipinski definition) is 2. The van der Waals surface area contributed by atoms with Crippen LogP contribution in [0.3, 0.4) is 0 Å². The van der Waals surface area contributed by atoms with Crippen molar-refractivity contribution in [1.82, 2.24) is 10.6 Å². The quantitative estimate of drug-likeness (QED) is 0.728. The molecule has 1 aliphatic carbocycles. The minimum Gasteiger partial charge on any atom is -0.356 e. The fourth-order valence-corrected chi connectivity index (χ4v) is 2.01. The molecule has 0 unspecified atom stereocenters. The highest BCUT2D eigenvalue weighted by Gasteiger charge is 2.28. The van der Waals surface area contributed by atoms with E-state index in [0.717, 1.165) is 6.54 Å². The molecule has 1 saturated carbocycles. The highest BCUT2D eigenvalue weighted by Crippen LogP contribution is 2.20. The molecule has 0 saturated heterocycles. The van der Waals surface area contributed by atoms with E-state index in [1.54, 1.807) is 0 Å². The van der Waals surface area contributed by atoms with Gasteiger partial charge in [-0.2, -0.15) is 0 Å². The Morgan fingerprint density at radius 2 is 1.93 bits per heavy atom. The number of hydrogen-bond donors (Lipinski definition) is 2. The summed E-state index contributed by atoms with van der Waals surface area (Å²) in [5.74, 6) is 0.149. The molecule has 3 nitrogen and oxygen atoms in total. The zero-order valence-electron chi connectivity index (χ0n) is 10.2. The molecular formula is C12H24N2O. The van der Waals surface area contributed by atoms with E-state index in [2.05, 4.69) is 10.6 Å². The summed E-state index contributed by atoms with van der Waals surface area (Å²) in [5.41, 5.74) is -0.293. The molecule has 1 rings (SSSR count). The first-order chi connectivity index (χ1) is 7.06. The highest BCUT2D eigenvalue weighted by molar-refractivity contribution is 5.81. The Morgan fingerprint density at radius 1 is 1.33 bits per heavy atom. The minimum atomic E-state index is -0.293. The summed E-state index contributed by atoms with van der Waals surface area (Å²) < 4.78 is 0. The maximum atomic E-state index is 11.7. The lowest BCUT2D eigenvalue weighted by molar-refractivity contribution is -0.129. The summed E-state index contributed by atoms with van der Waals surface area (Å²) in [6.07, 6.45) is 5.20. The molecule has 0 bridgehead atoms. The van der Waals surface area contributed by atoms with Gasteiger partial charge in [-0.3, -0.25) is 4.79 Å². The van der Waals surface area contributed by atoms with Crippen LogP contribution in [0.4, 0.5) is 0 Å². The predicted octanol–water partition coefficient (Wildman–Crippen LogP) is 1.68. The van der Waals surface area contributed by atoms with E-state index in [1.165, 1.54) is 25.7 Å². The normalized spacial score (nSPS) is 18.1.